The molecule has 1 aromatic carbocycles. The van der Waals surface area contributed by atoms with Gasteiger partial charge in [-0.25, -0.2) is 0 Å². The fraction of sp³-hybridized carbons (Fsp3) is 0.188. The Balaban J connectivity index is 1.83. The van der Waals surface area contributed by atoms with Gasteiger partial charge in [-0.05, 0) is 42.6 Å². The summed E-state index contributed by atoms with van der Waals surface area (Å²) >= 11 is 0. The van der Waals surface area contributed by atoms with Crippen molar-refractivity contribution in [1.29, 1.82) is 0 Å². The first-order valence-electron chi connectivity index (χ1n) is 6.28. The lowest BCUT2D eigenvalue weighted by Gasteiger charge is -2.05. The average molecular weight is 236 g/mol. The van der Waals surface area contributed by atoms with Crippen molar-refractivity contribution in [2.45, 2.75) is 19.9 Å². The van der Waals surface area contributed by atoms with E-state index in [1.807, 2.05) is 18.3 Å². The maximum Gasteiger partial charge on any atom is 0.0480 e. The molecule has 0 N–H and O–H groups in total. The molecule has 0 unspecified atom stereocenters. The number of nitrogens with zero attached hydrogens (tertiary/aromatic N) is 2. The van der Waals surface area contributed by atoms with E-state index < -0.39 is 0 Å². The van der Waals surface area contributed by atoms with E-state index in [0.29, 0.717) is 0 Å². The van der Waals surface area contributed by atoms with Gasteiger partial charge in [-0.3, -0.25) is 4.98 Å². The van der Waals surface area contributed by atoms with Gasteiger partial charge < -0.3 is 4.57 Å². The summed E-state index contributed by atoms with van der Waals surface area (Å²) in [5.74, 6) is 0. The number of benzene rings is 1. The predicted molar refractivity (Wildman–Crippen MR) is 74.6 cm³/mol. The zero-order valence-electron chi connectivity index (χ0n) is 10.5. The van der Waals surface area contributed by atoms with Gasteiger partial charge in [0.05, 0.1) is 0 Å². The fourth-order valence-electron chi connectivity index (χ4n) is 2.30. The molecule has 2 heterocycles. The second-order valence-corrected chi connectivity index (χ2v) is 4.64. The molecular formula is C16H16N2. The van der Waals surface area contributed by atoms with Gasteiger partial charge in [0, 0.05) is 36.6 Å². The summed E-state index contributed by atoms with van der Waals surface area (Å²) in [6.45, 7) is 3.11. The highest BCUT2D eigenvalue weighted by Crippen LogP contribution is 2.17. The number of rotatable bonds is 3. The molecule has 2 aromatic heterocycles. The first-order chi connectivity index (χ1) is 8.83. The van der Waals surface area contributed by atoms with Crippen LogP contribution in [-0.2, 0) is 13.0 Å². The summed E-state index contributed by atoms with van der Waals surface area (Å²) in [7, 11) is 0. The van der Waals surface area contributed by atoms with Gasteiger partial charge >= 0.3 is 0 Å². The molecule has 0 aliphatic rings. The highest BCUT2D eigenvalue weighted by Gasteiger charge is 2.01. The van der Waals surface area contributed by atoms with Crippen LogP contribution in [0.4, 0.5) is 0 Å². The number of fused-ring (bicyclic) bond motifs is 1. The van der Waals surface area contributed by atoms with Gasteiger partial charge in [-0.15, -0.1) is 0 Å². The van der Waals surface area contributed by atoms with Crippen molar-refractivity contribution < 1.29 is 0 Å². The summed E-state index contributed by atoms with van der Waals surface area (Å²) in [5.41, 5.74) is 3.76. The zero-order valence-corrected chi connectivity index (χ0v) is 10.5. The Hall–Kier alpha value is -2.09. The van der Waals surface area contributed by atoms with Crippen LogP contribution < -0.4 is 0 Å². The fourth-order valence-corrected chi connectivity index (χ4v) is 2.30. The van der Waals surface area contributed by atoms with Crippen molar-refractivity contribution in [2.24, 2.45) is 0 Å². The minimum Gasteiger partial charge on any atom is -0.347 e. The first-order valence-corrected chi connectivity index (χ1v) is 6.28. The second-order valence-electron chi connectivity index (χ2n) is 4.64. The first kappa shape index (κ1) is 11.0. The van der Waals surface area contributed by atoms with Gasteiger partial charge in [0.1, 0.15) is 0 Å². The normalized spacial score (nSPS) is 10.9. The van der Waals surface area contributed by atoms with Gasteiger partial charge in [0.15, 0.2) is 0 Å². The maximum absolute atomic E-state index is 4.36. The molecule has 3 rings (SSSR count). The molecular weight excluding hydrogens is 220 g/mol. The van der Waals surface area contributed by atoms with E-state index in [0.717, 1.165) is 18.7 Å². The molecule has 0 saturated heterocycles. The van der Waals surface area contributed by atoms with E-state index in [2.05, 4.69) is 53.0 Å². The molecule has 90 valence electrons. The third-order valence-corrected chi connectivity index (χ3v) is 3.26. The maximum atomic E-state index is 4.36. The van der Waals surface area contributed by atoms with Gasteiger partial charge in [-0.2, -0.15) is 0 Å². The topological polar surface area (TPSA) is 17.8 Å². The van der Waals surface area contributed by atoms with Crippen LogP contribution in [0, 0.1) is 6.92 Å². The average Bonchev–Trinajstić information content (AvgIpc) is 2.80. The molecule has 2 nitrogen and oxygen atoms in total. The van der Waals surface area contributed by atoms with Crippen LogP contribution in [0.25, 0.3) is 10.9 Å². The molecule has 0 radical (unpaired) electrons. The smallest absolute Gasteiger partial charge is 0.0480 e. The van der Waals surface area contributed by atoms with E-state index in [1.54, 1.807) is 0 Å². The molecule has 0 amide bonds. The second kappa shape index (κ2) is 4.65. The molecule has 0 bridgehead atoms. The molecule has 2 heteroatoms. The highest BCUT2D eigenvalue weighted by molar-refractivity contribution is 5.80. The van der Waals surface area contributed by atoms with Crippen molar-refractivity contribution >= 4 is 10.9 Å². The quantitative estimate of drug-likeness (QED) is 0.679. The number of pyridine rings is 1. The van der Waals surface area contributed by atoms with Gasteiger partial charge in [-0.1, -0.05) is 17.7 Å². The summed E-state index contributed by atoms with van der Waals surface area (Å²) < 4.78 is 2.30. The number of hydrogen-bond donors (Lipinski definition) is 0. The van der Waals surface area contributed by atoms with Crippen LogP contribution in [0.2, 0.25) is 0 Å². The summed E-state index contributed by atoms with van der Waals surface area (Å²) in [4.78, 5) is 4.36. The van der Waals surface area contributed by atoms with Crippen LogP contribution in [0.3, 0.4) is 0 Å². The van der Waals surface area contributed by atoms with E-state index in [1.165, 1.54) is 16.5 Å². The Morgan fingerprint density at radius 3 is 2.89 bits per heavy atom. The Kier molecular flexibility index (Phi) is 2.85. The van der Waals surface area contributed by atoms with Crippen molar-refractivity contribution in [3.8, 4) is 0 Å². The van der Waals surface area contributed by atoms with Crippen molar-refractivity contribution in [1.82, 2.24) is 9.55 Å². The van der Waals surface area contributed by atoms with Gasteiger partial charge in [0.25, 0.3) is 0 Å². The van der Waals surface area contributed by atoms with E-state index >= 15 is 0 Å². The molecule has 0 aliphatic heterocycles. The summed E-state index contributed by atoms with van der Waals surface area (Å²) in [6.07, 6.45) is 4.98. The molecule has 0 fully saturated rings. The number of hydrogen-bond acceptors (Lipinski definition) is 1. The van der Waals surface area contributed by atoms with Crippen molar-refractivity contribution in [3.63, 3.8) is 0 Å². The number of aryl methyl sites for hydroxylation is 3. The zero-order chi connectivity index (χ0) is 12.4. The molecule has 0 aliphatic carbocycles. The standard InChI is InChI=1S/C16H16N2/c1-13-5-6-16-14(12-13)7-10-18(16)11-8-15-4-2-3-9-17-15/h2-7,9-10,12H,8,11H2,1H3. The van der Waals surface area contributed by atoms with Crippen molar-refractivity contribution in [2.75, 3.05) is 0 Å². The van der Waals surface area contributed by atoms with Crippen LogP contribution >= 0.6 is 0 Å². The molecule has 0 atom stereocenters. The molecule has 3 aromatic rings. The molecule has 0 saturated carbocycles. The minimum absolute atomic E-state index is 0.971. The predicted octanol–water partition coefficient (Wildman–Crippen LogP) is 3.59. The van der Waals surface area contributed by atoms with Crippen molar-refractivity contribution in [3.05, 3.63) is 66.1 Å². The third kappa shape index (κ3) is 2.14. The SMILES string of the molecule is Cc1ccc2c(ccn2CCc2ccccn2)c1. The van der Waals surface area contributed by atoms with Crippen LogP contribution in [0.5, 0.6) is 0 Å². The Morgan fingerprint density at radius 2 is 2.06 bits per heavy atom. The monoisotopic (exact) mass is 236 g/mol. The number of aromatic nitrogens is 2. The Labute approximate surface area is 107 Å². The summed E-state index contributed by atoms with van der Waals surface area (Å²) in [5, 5.41) is 1.32. The minimum atomic E-state index is 0.971. The van der Waals surface area contributed by atoms with E-state index in [4.69, 9.17) is 0 Å². The lowest BCUT2D eigenvalue weighted by atomic mass is 10.2. The molecule has 0 spiro atoms. The van der Waals surface area contributed by atoms with Gasteiger partial charge in [0.2, 0.25) is 0 Å². The lowest BCUT2D eigenvalue weighted by molar-refractivity contribution is 0.710. The van der Waals surface area contributed by atoms with E-state index in [9.17, 15) is 0 Å². The van der Waals surface area contributed by atoms with Crippen LogP contribution in [0.15, 0.2) is 54.9 Å². The Bertz CT molecular complexity index is 653. The lowest BCUT2D eigenvalue weighted by Crippen LogP contribution is -2.00. The van der Waals surface area contributed by atoms with E-state index in [-0.39, 0.29) is 0 Å². The van der Waals surface area contributed by atoms with Crippen LogP contribution in [-0.4, -0.2) is 9.55 Å². The Morgan fingerprint density at radius 1 is 1.11 bits per heavy atom. The molecule has 18 heavy (non-hydrogen) atoms. The third-order valence-electron chi connectivity index (χ3n) is 3.26. The largest absolute Gasteiger partial charge is 0.347 e. The summed E-state index contributed by atoms with van der Waals surface area (Å²) in [6, 6.07) is 14.8. The van der Waals surface area contributed by atoms with Crippen LogP contribution in [0.1, 0.15) is 11.3 Å². The highest BCUT2D eigenvalue weighted by atomic mass is 14.9.